The van der Waals surface area contributed by atoms with Crippen molar-refractivity contribution in [2.45, 2.75) is 6.54 Å². The molecule has 0 aliphatic heterocycles. The number of aromatic nitrogens is 3. The Hall–Kier alpha value is -3.45. The molecule has 4 rings (SSSR count). The zero-order valence-electron chi connectivity index (χ0n) is 16.2. The van der Waals surface area contributed by atoms with Gasteiger partial charge in [0.2, 0.25) is 0 Å². The van der Waals surface area contributed by atoms with Gasteiger partial charge in [-0.1, -0.05) is 17.7 Å². The van der Waals surface area contributed by atoms with Gasteiger partial charge in [0.15, 0.2) is 11.6 Å². The number of halogens is 2. The summed E-state index contributed by atoms with van der Waals surface area (Å²) in [7, 11) is 2.74. The van der Waals surface area contributed by atoms with Gasteiger partial charge in [0.1, 0.15) is 0 Å². The average molecular weight is 426 g/mol. The summed E-state index contributed by atoms with van der Waals surface area (Å²) in [5.41, 5.74) is 3.29. The number of hydrogen-bond acceptors (Lipinski definition) is 5. The maximum Gasteiger partial charge on any atom is 0.340 e. The van der Waals surface area contributed by atoms with Gasteiger partial charge < -0.3 is 9.47 Å². The van der Waals surface area contributed by atoms with Gasteiger partial charge in [-0.25, -0.2) is 9.18 Å². The number of fused-ring (bicyclic) bond motifs is 1. The number of benzene rings is 2. The first-order chi connectivity index (χ1) is 14.5. The van der Waals surface area contributed by atoms with Gasteiger partial charge in [0.25, 0.3) is 0 Å². The number of rotatable bonds is 5. The fourth-order valence-electron chi connectivity index (χ4n) is 3.26. The topological polar surface area (TPSA) is 66.2 Å². The van der Waals surface area contributed by atoms with Crippen molar-refractivity contribution in [3.05, 3.63) is 76.8 Å². The maximum absolute atomic E-state index is 13.6. The Morgan fingerprint density at radius 3 is 2.67 bits per heavy atom. The monoisotopic (exact) mass is 425 g/mol. The number of methoxy groups -OCH3 is 2. The van der Waals surface area contributed by atoms with Crippen LogP contribution in [0, 0.1) is 5.82 Å². The first-order valence-corrected chi connectivity index (χ1v) is 9.40. The summed E-state index contributed by atoms with van der Waals surface area (Å²) in [6.45, 7) is 0.398. The Labute approximate surface area is 176 Å². The van der Waals surface area contributed by atoms with Gasteiger partial charge in [0, 0.05) is 22.2 Å². The van der Waals surface area contributed by atoms with Gasteiger partial charge >= 0.3 is 5.97 Å². The van der Waals surface area contributed by atoms with Crippen LogP contribution in [0.2, 0.25) is 5.02 Å². The predicted octanol–water partition coefficient (Wildman–Crippen LogP) is 4.73. The summed E-state index contributed by atoms with van der Waals surface area (Å²) in [5, 5.41) is 5.56. The van der Waals surface area contributed by atoms with Crippen molar-refractivity contribution in [2.24, 2.45) is 0 Å². The number of hydrogen-bond donors (Lipinski definition) is 0. The van der Waals surface area contributed by atoms with Crippen molar-refractivity contribution in [3.63, 3.8) is 0 Å². The number of ether oxygens (including phenoxy) is 2. The molecule has 152 valence electrons. The van der Waals surface area contributed by atoms with Crippen molar-refractivity contribution in [2.75, 3.05) is 14.2 Å². The molecule has 0 unspecified atom stereocenters. The quantitative estimate of drug-likeness (QED) is 0.432. The van der Waals surface area contributed by atoms with E-state index in [1.54, 1.807) is 41.3 Å². The zero-order valence-corrected chi connectivity index (χ0v) is 17.0. The molecule has 6 nitrogen and oxygen atoms in total. The Bertz CT molecular complexity index is 1240. The van der Waals surface area contributed by atoms with Gasteiger partial charge in [-0.2, -0.15) is 5.10 Å². The van der Waals surface area contributed by atoms with Crippen LogP contribution < -0.4 is 4.74 Å². The van der Waals surface area contributed by atoms with Gasteiger partial charge in [-0.3, -0.25) is 9.67 Å². The third kappa shape index (κ3) is 3.71. The van der Waals surface area contributed by atoms with Crippen LogP contribution in [0.25, 0.3) is 22.2 Å². The van der Waals surface area contributed by atoms with Crippen molar-refractivity contribution in [3.8, 4) is 17.0 Å². The van der Waals surface area contributed by atoms with Gasteiger partial charge in [-0.05, 0) is 42.0 Å². The molecular weight excluding hydrogens is 409 g/mol. The molecule has 2 heterocycles. The molecule has 0 saturated carbocycles. The van der Waals surface area contributed by atoms with E-state index in [0.717, 1.165) is 16.5 Å². The molecule has 0 amide bonds. The fraction of sp³-hybridized carbons (Fsp3) is 0.136. The number of carbonyl (C=O) groups excluding carboxylic acids is 1. The van der Waals surface area contributed by atoms with Crippen LogP contribution in [0.1, 0.15) is 15.9 Å². The molecule has 8 heteroatoms. The van der Waals surface area contributed by atoms with Crippen molar-refractivity contribution in [1.29, 1.82) is 0 Å². The third-order valence-electron chi connectivity index (χ3n) is 4.71. The molecule has 4 aromatic rings. The number of pyridine rings is 1. The van der Waals surface area contributed by atoms with Crippen LogP contribution in [0.15, 0.2) is 54.9 Å². The third-order valence-corrected chi connectivity index (χ3v) is 4.93. The Morgan fingerprint density at radius 1 is 1.13 bits per heavy atom. The smallest absolute Gasteiger partial charge is 0.340 e. The molecule has 0 atom stereocenters. The lowest BCUT2D eigenvalue weighted by Crippen LogP contribution is -2.08. The summed E-state index contributed by atoms with van der Waals surface area (Å²) in [5.74, 6) is -0.747. The van der Waals surface area contributed by atoms with Crippen LogP contribution in [0.3, 0.4) is 0 Å². The molecule has 0 fully saturated rings. The standard InChI is InChI=1S/C22H17ClFN3O3/c1-29-20-8-14(4-5-18(20)24)19-6-3-13(10-25-19)12-27-21-15(11-26-27)7-16(23)9-17(21)22(28)30-2/h3-11H,12H2,1-2H3. The summed E-state index contributed by atoms with van der Waals surface area (Å²) < 4.78 is 25.2. The van der Waals surface area contributed by atoms with Crippen LogP contribution in [-0.4, -0.2) is 35.0 Å². The fourth-order valence-corrected chi connectivity index (χ4v) is 3.49. The van der Waals surface area contributed by atoms with E-state index < -0.39 is 11.8 Å². The van der Waals surface area contributed by atoms with E-state index in [0.29, 0.717) is 28.3 Å². The summed E-state index contributed by atoms with van der Waals surface area (Å²) in [4.78, 5) is 16.7. The second-order valence-electron chi connectivity index (χ2n) is 6.59. The largest absolute Gasteiger partial charge is 0.494 e. The summed E-state index contributed by atoms with van der Waals surface area (Å²) in [6.07, 6.45) is 3.37. The summed E-state index contributed by atoms with van der Waals surface area (Å²) in [6, 6.07) is 11.6. The molecule has 0 bridgehead atoms. The second-order valence-corrected chi connectivity index (χ2v) is 7.02. The highest BCUT2D eigenvalue weighted by molar-refractivity contribution is 6.32. The highest BCUT2D eigenvalue weighted by Crippen LogP contribution is 2.27. The van der Waals surface area contributed by atoms with E-state index in [1.807, 2.05) is 12.1 Å². The molecule has 0 aliphatic rings. The van der Waals surface area contributed by atoms with Gasteiger partial charge in [-0.15, -0.1) is 0 Å². The highest BCUT2D eigenvalue weighted by Gasteiger charge is 2.17. The van der Waals surface area contributed by atoms with Crippen molar-refractivity contribution in [1.82, 2.24) is 14.8 Å². The van der Waals surface area contributed by atoms with E-state index in [-0.39, 0.29) is 5.75 Å². The first kappa shape index (κ1) is 19.8. The molecule has 0 saturated heterocycles. The van der Waals surface area contributed by atoms with E-state index in [1.165, 1.54) is 20.3 Å². The molecular formula is C22H17ClFN3O3. The maximum atomic E-state index is 13.6. The predicted molar refractivity (Wildman–Crippen MR) is 111 cm³/mol. The lowest BCUT2D eigenvalue weighted by atomic mass is 10.1. The normalized spacial score (nSPS) is 10.9. The highest BCUT2D eigenvalue weighted by atomic mass is 35.5. The summed E-state index contributed by atoms with van der Waals surface area (Å²) >= 11 is 6.11. The van der Waals surface area contributed by atoms with E-state index in [2.05, 4.69) is 10.1 Å². The number of nitrogens with zero attached hydrogens (tertiary/aromatic N) is 3. The van der Waals surface area contributed by atoms with E-state index >= 15 is 0 Å². The molecule has 0 spiro atoms. The molecule has 0 radical (unpaired) electrons. The Morgan fingerprint density at radius 2 is 1.97 bits per heavy atom. The van der Waals surface area contributed by atoms with Gasteiger partial charge in [0.05, 0.1) is 43.7 Å². The SMILES string of the molecule is COC(=O)c1cc(Cl)cc2cnn(Cc3ccc(-c4ccc(F)c(OC)c4)nc3)c12. The minimum absolute atomic E-state index is 0.162. The molecule has 2 aromatic carbocycles. The second kappa shape index (κ2) is 8.12. The lowest BCUT2D eigenvalue weighted by Gasteiger charge is -2.09. The van der Waals surface area contributed by atoms with Crippen LogP contribution in [-0.2, 0) is 11.3 Å². The Kier molecular flexibility index (Phi) is 5.37. The molecule has 2 aromatic heterocycles. The molecule has 0 aliphatic carbocycles. The van der Waals surface area contributed by atoms with Crippen molar-refractivity contribution < 1.29 is 18.7 Å². The van der Waals surface area contributed by atoms with Crippen LogP contribution in [0.4, 0.5) is 4.39 Å². The van der Waals surface area contributed by atoms with Crippen LogP contribution >= 0.6 is 11.6 Å². The van der Waals surface area contributed by atoms with Crippen molar-refractivity contribution >= 4 is 28.5 Å². The average Bonchev–Trinajstić information content (AvgIpc) is 3.15. The molecule has 30 heavy (non-hydrogen) atoms. The lowest BCUT2D eigenvalue weighted by molar-refractivity contribution is 0.0602. The van der Waals surface area contributed by atoms with E-state index in [4.69, 9.17) is 21.1 Å². The minimum Gasteiger partial charge on any atom is -0.494 e. The first-order valence-electron chi connectivity index (χ1n) is 9.02. The Balaban J connectivity index is 1.66. The number of esters is 1. The van der Waals surface area contributed by atoms with E-state index in [9.17, 15) is 9.18 Å². The zero-order chi connectivity index (χ0) is 21.3. The molecule has 0 N–H and O–H groups in total. The number of carbonyl (C=O) groups is 1. The van der Waals surface area contributed by atoms with Crippen LogP contribution in [0.5, 0.6) is 5.75 Å². The minimum atomic E-state index is -0.483.